The van der Waals surface area contributed by atoms with Gasteiger partial charge >= 0.3 is 11.9 Å². The van der Waals surface area contributed by atoms with Crippen LogP contribution in [0.1, 0.15) is 33.6 Å². The fourth-order valence-corrected chi connectivity index (χ4v) is 1.37. The number of aliphatic hydroxyl groups is 2. The van der Waals surface area contributed by atoms with Crippen LogP contribution in [0.4, 0.5) is 0 Å². The fraction of sp³-hybridized carbons (Fsp3) is 0.733. The molecule has 0 aromatic rings. The summed E-state index contributed by atoms with van der Waals surface area (Å²) in [5.74, 6) is -1.09. The molecule has 0 rings (SSSR count). The first kappa shape index (κ1) is 21.5. The predicted molar refractivity (Wildman–Crippen MR) is 80.1 cm³/mol. The van der Waals surface area contributed by atoms with Crippen LogP contribution in [0.15, 0.2) is 12.7 Å². The van der Waals surface area contributed by atoms with Gasteiger partial charge in [0, 0.05) is 18.9 Å². The Morgan fingerprint density at radius 3 is 2.35 bits per heavy atom. The number of carbonyl (C=O) groups is 2. The van der Waals surface area contributed by atoms with E-state index in [0.29, 0.717) is 6.42 Å². The van der Waals surface area contributed by atoms with Gasteiger partial charge in [0.25, 0.3) is 0 Å². The molecule has 0 aliphatic carbocycles. The van der Waals surface area contributed by atoms with Crippen molar-refractivity contribution >= 4 is 11.9 Å². The molecule has 134 valence electrons. The normalized spacial score (nSPS) is 16.0. The quantitative estimate of drug-likeness (QED) is 0.302. The number of hydrogen-bond acceptors (Lipinski definition) is 8. The second kappa shape index (κ2) is 12.0. The molecule has 0 saturated carbocycles. The number of aliphatic hydroxyl groups excluding tert-OH is 2. The van der Waals surface area contributed by atoms with E-state index in [9.17, 15) is 19.8 Å². The number of carbonyl (C=O) groups excluding carboxylic acids is 2. The van der Waals surface area contributed by atoms with E-state index in [1.54, 1.807) is 13.8 Å². The van der Waals surface area contributed by atoms with Crippen LogP contribution >= 0.6 is 0 Å². The Morgan fingerprint density at radius 1 is 1.22 bits per heavy atom. The Labute approximate surface area is 136 Å². The summed E-state index contributed by atoms with van der Waals surface area (Å²) in [7, 11) is 0. The molecule has 0 aliphatic heterocycles. The van der Waals surface area contributed by atoms with Crippen molar-refractivity contribution in [3.05, 3.63) is 12.7 Å². The summed E-state index contributed by atoms with van der Waals surface area (Å²) in [5, 5.41) is 19.3. The smallest absolute Gasteiger partial charge is 0.330 e. The van der Waals surface area contributed by atoms with Crippen LogP contribution in [0.5, 0.6) is 0 Å². The Balaban J connectivity index is 4.36. The molecule has 0 bridgehead atoms. The second-order valence-electron chi connectivity index (χ2n) is 4.75. The van der Waals surface area contributed by atoms with E-state index >= 15 is 0 Å². The Kier molecular flexibility index (Phi) is 11.2. The summed E-state index contributed by atoms with van der Waals surface area (Å²) in [5.41, 5.74) is 0. The van der Waals surface area contributed by atoms with E-state index in [4.69, 9.17) is 14.2 Å². The SMILES string of the molecule is C=CC(=O)OCC(O)COC(OC(CC)OC(=O)CC)C(C)O. The van der Waals surface area contributed by atoms with Crippen LogP contribution in [0, 0.1) is 0 Å². The minimum absolute atomic E-state index is 0.202. The van der Waals surface area contributed by atoms with Crippen LogP contribution in [0.25, 0.3) is 0 Å². The standard InChI is InChI=1S/C15H26O8/c1-5-12(18)20-8-11(17)9-21-15(10(4)16)23-14(7-3)22-13(19)6-2/h5,10-11,14-17H,1,6-9H2,2-4H3. The summed E-state index contributed by atoms with van der Waals surface area (Å²) in [6.07, 6.45) is -2.53. The molecule has 0 aromatic carbocycles. The lowest BCUT2D eigenvalue weighted by Gasteiger charge is -2.26. The third-order valence-electron chi connectivity index (χ3n) is 2.60. The molecule has 0 amide bonds. The Morgan fingerprint density at radius 2 is 1.87 bits per heavy atom. The number of esters is 2. The summed E-state index contributed by atoms with van der Waals surface area (Å²) in [4.78, 5) is 22.1. The number of rotatable bonds is 12. The molecule has 0 aromatic heterocycles. The van der Waals surface area contributed by atoms with Crippen molar-refractivity contribution < 1.29 is 38.7 Å². The average Bonchev–Trinajstić information content (AvgIpc) is 2.54. The van der Waals surface area contributed by atoms with Crippen molar-refractivity contribution in [3.63, 3.8) is 0 Å². The predicted octanol–water partition coefficient (Wildman–Crippen LogP) is 0.506. The van der Waals surface area contributed by atoms with E-state index in [1.807, 2.05) is 0 Å². The van der Waals surface area contributed by atoms with Crippen molar-refractivity contribution in [2.75, 3.05) is 13.2 Å². The third-order valence-corrected chi connectivity index (χ3v) is 2.60. The summed E-state index contributed by atoms with van der Waals surface area (Å²) in [6, 6.07) is 0. The van der Waals surface area contributed by atoms with Crippen LogP contribution in [-0.4, -0.2) is 60.2 Å². The summed E-state index contributed by atoms with van der Waals surface area (Å²) in [6.45, 7) is 7.54. The van der Waals surface area contributed by atoms with Gasteiger partial charge in [0.2, 0.25) is 6.29 Å². The zero-order valence-corrected chi connectivity index (χ0v) is 13.8. The van der Waals surface area contributed by atoms with Crippen molar-refractivity contribution in [1.82, 2.24) is 0 Å². The van der Waals surface area contributed by atoms with Crippen molar-refractivity contribution in [1.29, 1.82) is 0 Å². The molecule has 0 heterocycles. The molecule has 0 fully saturated rings. The second-order valence-corrected chi connectivity index (χ2v) is 4.75. The van der Waals surface area contributed by atoms with Crippen molar-refractivity contribution in [2.24, 2.45) is 0 Å². The lowest BCUT2D eigenvalue weighted by molar-refractivity contribution is -0.270. The van der Waals surface area contributed by atoms with Crippen LogP contribution in [0.2, 0.25) is 0 Å². The van der Waals surface area contributed by atoms with Gasteiger partial charge in [-0.1, -0.05) is 20.4 Å². The molecular weight excluding hydrogens is 308 g/mol. The zero-order chi connectivity index (χ0) is 17.8. The van der Waals surface area contributed by atoms with Gasteiger partial charge in [0.15, 0.2) is 6.29 Å². The van der Waals surface area contributed by atoms with E-state index in [2.05, 4.69) is 11.3 Å². The molecular formula is C15H26O8. The van der Waals surface area contributed by atoms with E-state index in [1.165, 1.54) is 6.92 Å². The Hall–Kier alpha value is -1.48. The average molecular weight is 334 g/mol. The zero-order valence-electron chi connectivity index (χ0n) is 13.8. The van der Waals surface area contributed by atoms with Crippen LogP contribution < -0.4 is 0 Å². The molecule has 4 atom stereocenters. The minimum Gasteiger partial charge on any atom is -0.460 e. The summed E-state index contributed by atoms with van der Waals surface area (Å²) >= 11 is 0. The van der Waals surface area contributed by atoms with Crippen LogP contribution in [-0.2, 0) is 28.5 Å². The molecule has 0 aliphatic rings. The molecule has 4 unspecified atom stereocenters. The highest BCUT2D eigenvalue weighted by atomic mass is 16.8. The van der Waals surface area contributed by atoms with E-state index in [-0.39, 0.29) is 19.6 Å². The molecule has 0 radical (unpaired) electrons. The largest absolute Gasteiger partial charge is 0.460 e. The van der Waals surface area contributed by atoms with Gasteiger partial charge in [-0.25, -0.2) is 4.79 Å². The first-order valence-corrected chi connectivity index (χ1v) is 7.45. The molecule has 8 nitrogen and oxygen atoms in total. The molecule has 2 N–H and O–H groups in total. The fourth-order valence-electron chi connectivity index (χ4n) is 1.37. The van der Waals surface area contributed by atoms with Gasteiger partial charge in [-0.15, -0.1) is 0 Å². The van der Waals surface area contributed by atoms with Gasteiger partial charge in [-0.3, -0.25) is 4.79 Å². The monoisotopic (exact) mass is 334 g/mol. The van der Waals surface area contributed by atoms with Crippen molar-refractivity contribution in [2.45, 2.75) is 58.4 Å². The maximum Gasteiger partial charge on any atom is 0.330 e. The van der Waals surface area contributed by atoms with Gasteiger partial charge in [-0.05, 0) is 6.92 Å². The lowest BCUT2D eigenvalue weighted by Crippen LogP contribution is -2.38. The summed E-state index contributed by atoms with van der Waals surface area (Å²) < 4.78 is 20.3. The van der Waals surface area contributed by atoms with Gasteiger partial charge in [0.05, 0.1) is 6.61 Å². The first-order valence-electron chi connectivity index (χ1n) is 7.45. The highest BCUT2D eigenvalue weighted by Crippen LogP contribution is 2.11. The number of hydrogen-bond donors (Lipinski definition) is 2. The maximum atomic E-state index is 11.3. The van der Waals surface area contributed by atoms with Gasteiger partial charge in [0.1, 0.15) is 18.8 Å². The first-order chi connectivity index (χ1) is 10.8. The molecule has 0 saturated heterocycles. The third kappa shape index (κ3) is 10.0. The van der Waals surface area contributed by atoms with Crippen LogP contribution in [0.3, 0.4) is 0 Å². The molecule has 8 heteroatoms. The molecule has 0 spiro atoms. The van der Waals surface area contributed by atoms with E-state index < -0.39 is 36.7 Å². The number of ether oxygens (including phenoxy) is 4. The Bertz CT molecular complexity index is 368. The van der Waals surface area contributed by atoms with Gasteiger partial charge in [-0.2, -0.15) is 0 Å². The highest BCUT2D eigenvalue weighted by molar-refractivity contribution is 5.81. The minimum atomic E-state index is -1.10. The van der Waals surface area contributed by atoms with Crippen molar-refractivity contribution in [3.8, 4) is 0 Å². The molecule has 23 heavy (non-hydrogen) atoms. The highest BCUT2D eigenvalue weighted by Gasteiger charge is 2.24. The maximum absolute atomic E-state index is 11.3. The van der Waals surface area contributed by atoms with E-state index in [0.717, 1.165) is 6.08 Å². The lowest BCUT2D eigenvalue weighted by atomic mass is 10.3. The van der Waals surface area contributed by atoms with Gasteiger partial charge < -0.3 is 29.2 Å². The topological polar surface area (TPSA) is 112 Å².